The highest BCUT2D eigenvalue weighted by atomic mass is 16.5. The number of carbonyl (C=O) groups is 1. The van der Waals surface area contributed by atoms with Crippen molar-refractivity contribution in [1.29, 1.82) is 0 Å². The molecular weight excluding hydrogens is 260 g/mol. The topological polar surface area (TPSA) is 26.3 Å². The second-order valence-corrected chi connectivity index (χ2v) is 5.15. The minimum Gasteiger partial charge on any atom is -0.465 e. The lowest BCUT2D eigenvalue weighted by molar-refractivity contribution is -0.143. The summed E-state index contributed by atoms with van der Waals surface area (Å²) in [6.07, 6.45) is 4.24. The number of aryl methyl sites for hydroxylation is 1. The predicted molar refractivity (Wildman–Crippen MR) is 85.1 cm³/mol. The van der Waals surface area contributed by atoms with E-state index in [2.05, 4.69) is 12.1 Å². The van der Waals surface area contributed by atoms with Gasteiger partial charge in [-0.2, -0.15) is 0 Å². The zero-order valence-corrected chi connectivity index (χ0v) is 12.3. The van der Waals surface area contributed by atoms with E-state index in [0.29, 0.717) is 13.0 Å². The van der Waals surface area contributed by atoms with Gasteiger partial charge in [0.2, 0.25) is 0 Å². The van der Waals surface area contributed by atoms with E-state index in [-0.39, 0.29) is 5.97 Å². The third-order valence-electron chi connectivity index (χ3n) is 3.44. The quantitative estimate of drug-likeness (QED) is 0.536. The summed E-state index contributed by atoms with van der Waals surface area (Å²) < 4.78 is 5.26. The summed E-state index contributed by atoms with van der Waals surface area (Å²) in [5.74, 6) is -0.0843. The highest BCUT2D eigenvalue weighted by Gasteiger charge is 2.03. The molecule has 0 radical (unpaired) electrons. The number of benzene rings is 2. The van der Waals surface area contributed by atoms with Crippen LogP contribution in [-0.2, 0) is 22.4 Å². The monoisotopic (exact) mass is 282 g/mol. The van der Waals surface area contributed by atoms with Crippen molar-refractivity contribution in [3.8, 4) is 0 Å². The maximum Gasteiger partial charge on any atom is 0.305 e. The number of ether oxygens (including phenoxy) is 1. The fourth-order valence-electron chi connectivity index (χ4n) is 2.24. The number of esters is 1. The maximum absolute atomic E-state index is 11.6. The molecule has 0 aromatic heterocycles. The van der Waals surface area contributed by atoms with Crippen LogP contribution >= 0.6 is 0 Å². The fraction of sp³-hybridized carbons (Fsp3) is 0.316. The van der Waals surface area contributed by atoms with Crippen LogP contribution in [0, 0.1) is 0 Å². The molecule has 21 heavy (non-hydrogen) atoms. The summed E-state index contributed by atoms with van der Waals surface area (Å²) in [6, 6.07) is 20.5. The van der Waals surface area contributed by atoms with Crippen LogP contribution in [0.15, 0.2) is 60.7 Å². The number of unbranched alkanes of at least 4 members (excludes halogenated alkanes) is 1. The molecule has 0 aliphatic heterocycles. The molecular formula is C19H22O2. The lowest BCUT2D eigenvalue weighted by atomic mass is 10.1. The molecule has 0 aliphatic rings. The Balaban J connectivity index is 1.54. The van der Waals surface area contributed by atoms with Crippen LogP contribution in [0.2, 0.25) is 0 Å². The first-order valence-corrected chi connectivity index (χ1v) is 7.58. The highest BCUT2D eigenvalue weighted by molar-refractivity contribution is 5.69. The molecule has 2 nitrogen and oxygen atoms in total. The third-order valence-corrected chi connectivity index (χ3v) is 3.44. The van der Waals surface area contributed by atoms with Gasteiger partial charge >= 0.3 is 5.97 Å². The van der Waals surface area contributed by atoms with Crippen molar-refractivity contribution >= 4 is 5.97 Å². The molecule has 0 saturated heterocycles. The lowest BCUT2D eigenvalue weighted by Crippen LogP contribution is -2.07. The molecule has 0 atom stereocenters. The molecule has 0 aliphatic carbocycles. The summed E-state index contributed by atoms with van der Waals surface area (Å²) >= 11 is 0. The Morgan fingerprint density at radius 2 is 1.33 bits per heavy atom. The molecule has 0 heterocycles. The molecule has 0 spiro atoms. The molecule has 2 rings (SSSR count). The van der Waals surface area contributed by atoms with E-state index in [9.17, 15) is 4.79 Å². The van der Waals surface area contributed by atoms with Crippen LogP contribution in [0.25, 0.3) is 0 Å². The van der Waals surface area contributed by atoms with Gasteiger partial charge in [-0.3, -0.25) is 4.79 Å². The fourth-order valence-corrected chi connectivity index (χ4v) is 2.24. The van der Waals surface area contributed by atoms with Crippen molar-refractivity contribution in [3.63, 3.8) is 0 Å². The average molecular weight is 282 g/mol. The van der Waals surface area contributed by atoms with Crippen molar-refractivity contribution in [2.75, 3.05) is 6.61 Å². The molecule has 2 aromatic carbocycles. The van der Waals surface area contributed by atoms with Gasteiger partial charge < -0.3 is 4.74 Å². The molecule has 0 fully saturated rings. The highest BCUT2D eigenvalue weighted by Crippen LogP contribution is 2.07. The summed E-state index contributed by atoms with van der Waals surface area (Å²) in [4.78, 5) is 11.6. The molecule has 0 bridgehead atoms. The van der Waals surface area contributed by atoms with Crippen molar-refractivity contribution in [1.82, 2.24) is 0 Å². The first kappa shape index (κ1) is 15.3. The van der Waals surface area contributed by atoms with Gasteiger partial charge in [0.15, 0.2) is 0 Å². The Bertz CT molecular complexity index is 520. The molecule has 0 unspecified atom stereocenters. The molecule has 2 heteroatoms. The molecule has 0 N–H and O–H groups in total. The first-order chi connectivity index (χ1) is 10.3. The van der Waals surface area contributed by atoms with Gasteiger partial charge in [-0.25, -0.2) is 0 Å². The Morgan fingerprint density at radius 3 is 1.95 bits per heavy atom. The van der Waals surface area contributed by atoms with Crippen molar-refractivity contribution < 1.29 is 9.53 Å². The average Bonchev–Trinajstić information content (AvgIpc) is 2.54. The van der Waals surface area contributed by atoms with Gasteiger partial charge in [0.25, 0.3) is 0 Å². The van der Waals surface area contributed by atoms with Gasteiger partial charge in [-0.1, -0.05) is 60.7 Å². The predicted octanol–water partition coefficient (Wildman–Crippen LogP) is 4.19. The van der Waals surface area contributed by atoms with Gasteiger partial charge in [0, 0.05) is 12.8 Å². The molecule has 2 aromatic rings. The molecule has 110 valence electrons. The van der Waals surface area contributed by atoms with Crippen LogP contribution in [0.4, 0.5) is 0 Å². The number of hydrogen-bond donors (Lipinski definition) is 0. The molecule has 0 saturated carbocycles. The van der Waals surface area contributed by atoms with Crippen LogP contribution < -0.4 is 0 Å². The third kappa shape index (κ3) is 6.26. The largest absolute Gasteiger partial charge is 0.465 e. The minimum absolute atomic E-state index is 0.0843. The first-order valence-electron chi connectivity index (χ1n) is 7.58. The summed E-state index contributed by atoms with van der Waals surface area (Å²) in [5.41, 5.74) is 2.53. The standard InChI is InChI=1S/C19H22O2/c20-19(21-16-15-18-11-5-2-6-12-18)14-8-7-13-17-9-3-1-4-10-17/h1-6,9-12H,7-8,13-16H2. The number of rotatable bonds is 8. The smallest absolute Gasteiger partial charge is 0.305 e. The minimum atomic E-state index is -0.0843. The van der Waals surface area contributed by atoms with Gasteiger partial charge in [0.05, 0.1) is 6.61 Å². The zero-order valence-electron chi connectivity index (χ0n) is 12.3. The van der Waals surface area contributed by atoms with E-state index in [4.69, 9.17) is 4.74 Å². The Hall–Kier alpha value is -2.09. The van der Waals surface area contributed by atoms with Crippen LogP contribution in [0.5, 0.6) is 0 Å². The van der Waals surface area contributed by atoms with E-state index in [1.54, 1.807) is 0 Å². The van der Waals surface area contributed by atoms with Gasteiger partial charge in [0.1, 0.15) is 0 Å². The second-order valence-electron chi connectivity index (χ2n) is 5.15. The SMILES string of the molecule is O=C(CCCCc1ccccc1)OCCc1ccccc1. The lowest BCUT2D eigenvalue weighted by Gasteiger charge is -2.05. The van der Waals surface area contributed by atoms with E-state index in [0.717, 1.165) is 25.7 Å². The summed E-state index contributed by atoms with van der Waals surface area (Å²) in [5, 5.41) is 0. The maximum atomic E-state index is 11.6. The van der Waals surface area contributed by atoms with Crippen molar-refractivity contribution in [2.45, 2.75) is 32.1 Å². The van der Waals surface area contributed by atoms with Crippen molar-refractivity contribution in [2.24, 2.45) is 0 Å². The Morgan fingerprint density at radius 1 is 0.762 bits per heavy atom. The summed E-state index contributed by atoms with van der Waals surface area (Å²) in [6.45, 7) is 0.474. The summed E-state index contributed by atoms with van der Waals surface area (Å²) in [7, 11) is 0. The number of hydrogen-bond acceptors (Lipinski definition) is 2. The Labute approximate surface area is 126 Å². The van der Waals surface area contributed by atoms with Crippen LogP contribution in [0.3, 0.4) is 0 Å². The second kappa shape index (κ2) is 8.96. The Kier molecular flexibility index (Phi) is 6.53. The molecule has 0 amide bonds. The van der Waals surface area contributed by atoms with E-state index in [1.165, 1.54) is 11.1 Å². The van der Waals surface area contributed by atoms with Gasteiger partial charge in [-0.15, -0.1) is 0 Å². The van der Waals surface area contributed by atoms with E-state index >= 15 is 0 Å². The van der Waals surface area contributed by atoms with E-state index < -0.39 is 0 Å². The van der Waals surface area contributed by atoms with E-state index in [1.807, 2.05) is 48.5 Å². The van der Waals surface area contributed by atoms with Crippen molar-refractivity contribution in [3.05, 3.63) is 71.8 Å². The van der Waals surface area contributed by atoms with Gasteiger partial charge in [-0.05, 0) is 30.4 Å². The van der Waals surface area contributed by atoms with Crippen LogP contribution in [-0.4, -0.2) is 12.6 Å². The normalized spacial score (nSPS) is 10.3. The van der Waals surface area contributed by atoms with Crippen LogP contribution in [0.1, 0.15) is 30.4 Å². The number of carbonyl (C=O) groups excluding carboxylic acids is 1. The zero-order chi connectivity index (χ0) is 14.8.